The maximum absolute atomic E-state index is 10.1. The van der Waals surface area contributed by atoms with E-state index in [2.05, 4.69) is 17.5 Å². The van der Waals surface area contributed by atoms with Crippen molar-refractivity contribution >= 4 is 23.2 Å². The summed E-state index contributed by atoms with van der Waals surface area (Å²) < 4.78 is 0. The third-order valence-corrected chi connectivity index (χ3v) is 1.03. The van der Waals surface area contributed by atoms with E-state index >= 15 is 0 Å². The van der Waals surface area contributed by atoms with Gasteiger partial charge in [0.1, 0.15) is 6.04 Å². The van der Waals surface area contributed by atoms with Crippen LogP contribution in [0.1, 0.15) is 6.92 Å². The summed E-state index contributed by atoms with van der Waals surface area (Å²) in [6, 6.07) is -0.877. The summed E-state index contributed by atoms with van der Waals surface area (Å²) in [6.45, 7) is 1.86. The lowest BCUT2D eigenvalue weighted by Crippen LogP contribution is -2.41. The van der Waals surface area contributed by atoms with Crippen molar-refractivity contribution in [2.45, 2.75) is 13.0 Å². The molecule has 0 aliphatic carbocycles. The van der Waals surface area contributed by atoms with Crippen LogP contribution < -0.4 is 11.1 Å². The van der Waals surface area contributed by atoms with Crippen LogP contribution in [-0.4, -0.2) is 28.7 Å². The standard InChI is InChI=1S/C5H10N2O2S/c1-3(10)7-2-4(6)5(8)9/h4H,2,6H2,1H3,(H,7,10)(H,8,9). The van der Waals surface area contributed by atoms with E-state index in [0.29, 0.717) is 4.99 Å². The maximum Gasteiger partial charge on any atom is 0.322 e. The number of hydrogen-bond donors (Lipinski definition) is 3. The Kier molecular flexibility index (Phi) is 3.90. The Hall–Kier alpha value is -0.680. The third kappa shape index (κ3) is 4.22. The Morgan fingerprint density at radius 2 is 2.40 bits per heavy atom. The molecule has 4 N–H and O–H groups in total. The number of nitrogens with one attached hydrogen (secondary N) is 1. The van der Waals surface area contributed by atoms with Crippen LogP contribution in [0.15, 0.2) is 0 Å². The molecule has 0 saturated carbocycles. The zero-order valence-electron chi connectivity index (χ0n) is 5.63. The molecule has 0 radical (unpaired) electrons. The molecule has 0 aromatic carbocycles. The molecule has 10 heavy (non-hydrogen) atoms. The van der Waals surface area contributed by atoms with E-state index in [0.717, 1.165) is 0 Å². The quantitative estimate of drug-likeness (QED) is 0.480. The predicted molar refractivity (Wildman–Crippen MR) is 41.9 cm³/mol. The molecule has 0 aliphatic heterocycles. The Morgan fingerprint density at radius 1 is 1.90 bits per heavy atom. The Balaban J connectivity index is 3.49. The van der Waals surface area contributed by atoms with Crippen molar-refractivity contribution in [3.63, 3.8) is 0 Å². The molecule has 0 aromatic heterocycles. The van der Waals surface area contributed by atoms with Crippen molar-refractivity contribution in [1.29, 1.82) is 0 Å². The normalized spacial score (nSPS) is 12.2. The van der Waals surface area contributed by atoms with E-state index in [1.807, 2.05) is 0 Å². The van der Waals surface area contributed by atoms with Gasteiger partial charge in [0.05, 0.1) is 4.99 Å². The minimum atomic E-state index is -1.02. The van der Waals surface area contributed by atoms with Gasteiger partial charge in [-0.25, -0.2) is 0 Å². The number of carboxylic acids is 1. The SMILES string of the molecule is CC(=S)NCC(N)C(=O)O. The second-order valence-electron chi connectivity index (χ2n) is 1.88. The van der Waals surface area contributed by atoms with Gasteiger partial charge in [-0.2, -0.15) is 0 Å². The molecule has 0 amide bonds. The molecule has 58 valence electrons. The number of aliphatic carboxylic acids is 1. The molecule has 0 rings (SSSR count). The maximum atomic E-state index is 10.1. The Labute approximate surface area is 64.4 Å². The van der Waals surface area contributed by atoms with Gasteiger partial charge in [0.25, 0.3) is 0 Å². The zero-order valence-corrected chi connectivity index (χ0v) is 6.44. The summed E-state index contributed by atoms with van der Waals surface area (Å²) in [4.78, 5) is 10.7. The van der Waals surface area contributed by atoms with Gasteiger partial charge in [0.2, 0.25) is 0 Å². The summed E-state index contributed by atoms with van der Waals surface area (Å²) in [5.41, 5.74) is 5.14. The van der Waals surface area contributed by atoms with Crippen molar-refractivity contribution in [1.82, 2.24) is 5.32 Å². The smallest absolute Gasteiger partial charge is 0.322 e. The van der Waals surface area contributed by atoms with E-state index in [-0.39, 0.29) is 6.54 Å². The van der Waals surface area contributed by atoms with E-state index in [9.17, 15) is 4.79 Å². The predicted octanol–water partition coefficient (Wildman–Crippen LogP) is -0.665. The van der Waals surface area contributed by atoms with E-state index < -0.39 is 12.0 Å². The van der Waals surface area contributed by atoms with Crippen LogP contribution in [0.25, 0.3) is 0 Å². The molecule has 4 nitrogen and oxygen atoms in total. The lowest BCUT2D eigenvalue weighted by molar-refractivity contribution is -0.138. The lowest BCUT2D eigenvalue weighted by Gasteiger charge is -2.06. The topological polar surface area (TPSA) is 75.3 Å². The first kappa shape index (κ1) is 9.32. The highest BCUT2D eigenvalue weighted by molar-refractivity contribution is 7.80. The highest BCUT2D eigenvalue weighted by Gasteiger charge is 2.09. The summed E-state index contributed by atoms with van der Waals surface area (Å²) in [5.74, 6) is -1.02. The monoisotopic (exact) mass is 162 g/mol. The van der Waals surface area contributed by atoms with Crippen molar-refractivity contribution < 1.29 is 9.90 Å². The van der Waals surface area contributed by atoms with E-state index in [1.54, 1.807) is 6.92 Å². The highest BCUT2D eigenvalue weighted by Crippen LogP contribution is 1.75. The molecule has 0 fully saturated rings. The van der Waals surface area contributed by atoms with Crippen LogP contribution in [0.4, 0.5) is 0 Å². The van der Waals surface area contributed by atoms with E-state index in [1.165, 1.54) is 0 Å². The van der Waals surface area contributed by atoms with Gasteiger partial charge in [0, 0.05) is 6.54 Å². The fourth-order valence-corrected chi connectivity index (χ4v) is 0.424. The average molecular weight is 162 g/mol. The van der Waals surface area contributed by atoms with Crippen LogP contribution in [0.5, 0.6) is 0 Å². The minimum absolute atomic E-state index is 0.185. The van der Waals surface area contributed by atoms with Crippen molar-refractivity contribution in [2.75, 3.05) is 6.54 Å². The first-order valence-electron chi connectivity index (χ1n) is 2.77. The summed E-state index contributed by atoms with van der Waals surface area (Å²) in [6.07, 6.45) is 0. The van der Waals surface area contributed by atoms with Crippen LogP contribution >= 0.6 is 12.2 Å². The van der Waals surface area contributed by atoms with Crippen molar-refractivity contribution in [3.05, 3.63) is 0 Å². The van der Waals surface area contributed by atoms with Gasteiger partial charge >= 0.3 is 5.97 Å². The van der Waals surface area contributed by atoms with E-state index in [4.69, 9.17) is 10.8 Å². The first-order valence-corrected chi connectivity index (χ1v) is 3.17. The number of carbonyl (C=O) groups is 1. The molecule has 0 spiro atoms. The number of thiocarbonyl (C=S) groups is 1. The number of rotatable bonds is 3. The van der Waals surface area contributed by atoms with Crippen molar-refractivity contribution in [3.8, 4) is 0 Å². The molecule has 0 heterocycles. The molecular formula is C5H10N2O2S. The van der Waals surface area contributed by atoms with Gasteiger partial charge in [-0.05, 0) is 6.92 Å². The number of carboxylic acid groups (broad SMARTS) is 1. The highest BCUT2D eigenvalue weighted by atomic mass is 32.1. The third-order valence-electron chi connectivity index (χ3n) is 0.888. The molecule has 0 bridgehead atoms. The molecule has 5 heteroatoms. The van der Waals surface area contributed by atoms with Gasteiger partial charge in [-0.1, -0.05) is 12.2 Å². The fraction of sp³-hybridized carbons (Fsp3) is 0.600. The van der Waals surface area contributed by atoms with Crippen molar-refractivity contribution in [2.24, 2.45) is 5.73 Å². The zero-order chi connectivity index (χ0) is 8.15. The lowest BCUT2D eigenvalue weighted by atomic mass is 10.3. The first-order chi connectivity index (χ1) is 4.54. The van der Waals surface area contributed by atoms with Crippen LogP contribution in [0, 0.1) is 0 Å². The molecule has 0 saturated heterocycles. The van der Waals surface area contributed by atoms with Gasteiger partial charge in [-0.15, -0.1) is 0 Å². The van der Waals surface area contributed by atoms with Crippen LogP contribution in [0.3, 0.4) is 0 Å². The van der Waals surface area contributed by atoms with Gasteiger partial charge < -0.3 is 16.2 Å². The minimum Gasteiger partial charge on any atom is -0.480 e. The largest absolute Gasteiger partial charge is 0.480 e. The molecule has 0 aromatic rings. The second-order valence-corrected chi connectivity index (χ2v) is 2.49. The number of hydrogen-bond acceptors (Lipinski definition) is 3. The van der Waals surface area contributed by atoms with Crippen LogP contribution in [0.2, 0.25) is 0 Å². The molecule has 1 unspecified atom stereocenters. The molecular weight excluding hydrogens is 152 g/mol. The fourth-order valence-electron chi connectivity index (χ4n) is 0.341. The Morgan fingerprint density at radius 3 is 2.70 bits per heavy atom. The number of nitrogens with two attached hydrogens (primary N) is 1. The summed E-state index contributed by atoms with van der Waals surface area (Å²) in [5, 5.41) is 10.9. The Bertz CT molecular complexity index is 149. The average Bonchev–Trinajstić information content (AvgIpc) is 1.82. The summed E-state index contributed by atoms with van der Waals surface area (Å²) in [7, 11) is 0. The van der Waals surface area contributed by atoms with Gasteiger partial charge in [0.15, 0.2) is 0 Å². The molecule has 1 atom stereocenters. The van der Waals surface area contributed by atoms with Crippen LogP contribution in [-0.2, 0) is 4.79 Å². The summed E-state index contributed by atoms with van der Waals surface area (Å²) >= 11 is 4.64. The van der Waals surface area contributed by atoms with Gasteiger partial charge in [-0.3, -0.25) is 4.79 Å². The molecule has 0 aliphatic rings. The second kappa shape index (κ2) is 4.19.